The van der Waals surface area contributed by atoms with Crippen molar-refractivity contribution in [1.29, 1.82) is 0 Å². The van der Waals surface area contributed by atoms with E-state index in [0.29, 0.717) is 34.7 Å². The van der Waals surface area contributed by atoms with Crippen LogP contribution in [0.5, 0.6) is 0 Å². The number of alkyl halides is 2. The van der Waals surface area contributed by atoms with Crippen molar-refractivity contribution in [3.05, 3.63) is 17.0 Å². The Labute approximate surface area is 122 Å². The van der Waals surface area contributed by atoms with E-state index in [1.54, 1.807) is 18.7 Å². The van der Waals surface area contributed by atoms with Gasteiger partial charge >= 0.3 is 6.55 Å². The summed E-state index contributed by atoms with van der Waals surface area (Å²) in [5.74, 6) is 0.0295. The maximum atomic E-state index is 12.8. The van der Waals surface area contributed by atoms with Crippen LogP contribution in [0.2, 0.25) is 0 Å². The van der Waals surface area contributed by atoms with Gasteiger partial charge in [-0.1, -0.05) is 0 Å². The molecule has 1 aliphatic rings. The second-order valence-corrected chi connectivity index (χ2v) is 5.58. The number of aliphatic hydroxyl groups is 1. The second-order valence-electron chi connectivity index (χ2n) is 5.58. The number of aromatic nitrogens is 2. The smallest absolute Gasteiger partial charge is 0.333 e. The molecule has 1 unspecified atom stereocenters. The van der Waals surface area contributed by atoms with Crippen LogP contribution in [0.25, 0.3) is 0 Å². The summed E-state index contributed by atoms with van der Waals surface area (Å²) >= 11 is 0. The molecule has 2 heterocycles. The van der Waals surface area contributed by atoms with Gasteiger partial charge in [-0.25, -0.2) is 4.68 Å². The van der Waals surface area contributed by atoms with Gasteiger partial charge in [-0.2, -0.15) is 13.9 Å². The zero-order valence-corrected chi connectivity index (χ0v) is 12.4. The zero-order valence-electron chi connectivity index (χ0n) is 12.4. The average Bonchev–Trinajstić information content (AvgIpc) is 2.75. The zero-order chi connectivity index (χ0) is 15.6. The van der Waals surface area contributed by atoms with Gasteiger partial charge in [0.1, 0.15) is 0 Å². The number of nitrogens with zero attached hydrogens (tertiary/aromatic N) is 3. The topological polar surface area (TPSA) is 58.4 Å². The molecule has 0 aromatic carbocycles. The molecule has 0 aliphatic carbocycles. The highest BCUT2D eigenvalue weighted by Gasteiger charge is 2.25. The Hall–Kier alpha value is -1.50. The molecule has 7 heteroatoms. The van der Waals surface area contributed by atoms with Gasteiger partial charge in [0.15, 0.2) is 0 Å². The van der Waals surface area contributed by atoms with E-state index in [1.165, 1.54) is 0 Å². The van der Waals surface area contributed by atoms with Crippen LogP contribution in [0.3, 0.4) is 0 Å². The van der Waals surface area contributed by atoms with Gasteiger partial charge in [0, 0.05) is 31.0 Å². The third-order valence-electron chi connectivity index (χ3n) is 4.12. The summed E-state index contributed by atoms with van der Waals surface area (Å²) in [6.07, 6.45) is 1.87. The lowest BCUT2D eigenvalue weighted by Crippen LogP contribution is -2.41. The van der Waals surface area contributed by atoms with Crippen LogP contribution in [0.1, 0.15) is 36.3 Å². The molecule has 1 N–H and O–H groups in total. The molecule has 0 spiro atoms. The lowest BCUT2D eigenvalue weighted by atomic mass is 9.98. The Morgan fingerprint density at radius 1 is 1.48 bits per heavy atom. The normalized spacial score (nSPS) is 19.3. The van der Waals surface area contributed by atoms with E-state index in [-0.39, 0.29) is 24.9 Å². The van der Waals surface area contributed by atoms with Crippen molar-refractivity contribution in [2.24, 2.45) is 5.92 Å². The maximum Gasteiger partial charge on any atom is 0.333 e. The predicted octanol–water partition coefficient (Wildman–Crippen LogP) is 1.67. The largest absolute Gasteiger partial charge is 0.396 e. The number of carbonyl (C=O) groups is 1. The fourth-order valence-electron chi connectivity index (χ4n) is 2.85. The molecule has 21 heavy (non-hydrogen) atoms. The number of carbonyl (C=O) groups excluding carboxylic acids is 1. The summed E-state index contributed by atoms with van der Waals surface area (Å²) in [5.41, 5.74) is 1.38. The van der Waals surface area contributed by atoms with E-state index in [9.17, 15) is 18.7 Å². The first-order valence-corrected chi connectivity index (χ1v) is 7.15. The van der Waals surface area contributed by atoms with Crippen LogP contribution in [0.4, 0.5) is 8.78 Å². The predicted molar refractivity (Wildman–Crippen MR) is 73.0 cm³/mol. The maximum absolute atomic E-state index is 12.8. The van der Waals surface area contributed by atoms with Gasteiger partial charge in [0.25, 0.3) is 0 Å². The lowest BCUT2D eigenvalue weighted by Gasteiger charge is -2.32. The molecule has 0 bridgehead atoms. The monoisotopic (exact) mass is 301 g/mol. The first-order valence-electron chi connectivity index (χ1n) is 7.15. The minimum absolute atomic E-state index is 0.0746. The third-order valence-corrected chi connectivity index (χ3v) is 4.12. The SMILES string of the molecule is Cc1nn(C(F)F)c(C)c1CC(=O)N1CCCC(CO)C1. The highest BCUT2D eigenvalue weighted by atomic mass is 19.3. The second kappa shape index (κ2) is 6.51. The number of hydrogen-bond acceptors (Lipinski definition) is 3. The van der Waals surface area contributed by atoms with E-state index in [2.05, 4.69) is 5.10 Å². The molecule has 2 rings (SSSR count). The summed E-state index contributed by atoms with van der Waals surface area (Å²) in [6, 6.07) is 0. The van der Waals surface area contributed by atoms with Crippen molar-refractivity contribution in [3.63, 3.8) is 0 Å². The molecule has 1 atom stereocenters. The molecule has 0 saturated carbocycles. The van der Waals surface area contributed by atoms with Crippen molar-refractivity contribution in [1.82, 2.24) is 14.7 Å². The Bertz CT molecular complexity index is 517. The number of aryl methyl sites for hydroxylation is 1. The standard InChI is InChI=1S/C14H21F2N3O2/c1-9-12(10(2)19(17-9)14(15)16)6-13(21)18-5-3-4-11(7-18)8-20/h11,14,20H,3-8H2,1-2H3. The Balaban J connectivity index is 2.09. The highest BCUT2D eigenvalue weighted by Crippen LogP contribution is 2.22. The summed E-state index contributed by atoms with van der Waals surface area (Å²) < 4.78 is 26.2. The van der Waals surface area contributed by atoms with Gasteiger partial charge in [0.2, 0.25) is 5.91 Å². The first-order chi connectivity index (χ1) is 9.93. The quantitative estimate of drug-likeness (QED) is 0.920. The number of rotatable bonds is 4. The third kappa shape index (κ3) is 3.40. The van der Waals surface area contributed by atoms with Gasteiger partial charge in [-0.3, -0.25) is 4.79 Å². The van der Waals surface area contributed by atoms with Crippen molar-refractivity contribution >= 4 is 5.91 Å². The van der Waals surface area contributed by atoms with Crippen LogP contribution >= 0.6 is 0 Å². The van der Waals surface area contributed by atoms with Crippen molar-refractivity contribution in [2.75, 3.05) is 19.7 Å². The Kier molecular flexibility index (Phi) is 4.92. The van der Waals surface area contributed by atoms with Crippen LogP contribution in [-0.2, 0) is 11.2 Å². The Morgan fingerprint density at radius 2 is 2.19 bits per heavy atom. The minimum atomic E-state index is -2.69. The molecular formula is C14H21F2N3O2. The molecule has 1 aromatic heterocycles. The molecule has 1 aromatic rings. The minimum Gasteiger partial charge on any atom is -0.396 e. The van der Waals surface area contributed by atoms with Gasteiger partial charge in [0.05, 0.1) is 12.1 Å². The van der Waals surface area contributed by atoms with Gasteiger partial charge < -0.3 is 10.0 Å². The number of piperidine rings is 1. The average molecular weight is 301 g/mol. The number of aliphatic hydroxyl groups excluding tert-OH is 1. The molecule has 1 saturated heterocycles. The van der Waals surface area contributed by atoms with Crippen molar-refractivity contribution < 1.29 is 18.7 Å². The first kappa shape index (κ1) is 15.9. The van der Waals surface area contributed by atoms with Crippen LogP contribution in [-0.4, -0.2) is 45.4 Å². The Morgan fingerprint density at radius 3 is 2.76 bits per heavy atom. The summed E-state index contributed by atoms with van der Waals surface area (Å²) in [4.78, 5) is 14.0. The molecule has 1 fully saturated rings. The molecule has 5 nitrogen and oxygen atoms in total. The highest BCUT2D eigenvalue weighted by molar-refractivity contribution is 5.79. The van der Waals surface area contributed by atoms with E-state index < -0.39 is 6.55 Å². The fraction of sp³-hybridized carbons (Fsp3) is 0.714. The molecular weight excluding hydrogens is 280 g/mol. The fourth-order valence-corrected chi connectivity index (χ4v) is 2.85. The van der Waals surface area contributed by atoms with Crippen molar-refractivity contribution in [3.8, 4) is 0 Å². The molecule has 118 valence electrons. The number of likely N-dealkylation sites (tertiary alicyclic amines) is 1. The summed E-state index contributed by atoms with van der Waals surface area (Å²) in [6.45, 7) is 1.78. The molecule has 0 radical (unpaired) electrons. The number of hydrogen-bond donors (Lipinski definition) is 1. The summed E-state index contributed by atoms with van der Waals surface area (Å²) in [7, 11) is 0. The van der Waals surface area contributed by atoms with E-state index in [1.807, 2.05) is 0 Å². The van der Waals surface area contributed by atoms with E-state index in [0.717, 1.165) is 12.8 Å². The van der Waals surface area contributed by atoms with Crippen LogP contribution in [0.15, 0.2) is 0 Å². The van der Waals surface area contributed by atoms with Gasteiger partial charge in [-0.15, -0.1) is 0 Å². The van der Waals surface area contributed by atoms with Crippen LogP contribution in [0, 0.1) is 19.8 Å². The lowest BCUT2D eigenvalue weighted by molar-refractivity contribution is -0.132. The molecule has 1 aliphatic heterocycles. The molecule has 1 amide bonds. The van der Waals surface area contributed by atoms with Gasteiger partial charge in [-0.05, 0) is 32.6 Å². The number of halogens is 2. The van der Waals surface area contributed by atoms with Crippen molar-refractivity contribution in [2.45, 2.75) is 39.7 Å². The van der Waals surface area contributed by atoms with E-state index >= 15 is 0 Å². The number of amides is 1. The van der Waals surface area contributed by atoms with Crippen LogP contribution < -0.4 is 0 Å². The summed E-state index contributed by atoms with van der Waals surface area (Å²) in [5, 5.41) is 13.0. The van der Waals surface area contributed by atoms with E-state index in [4.69, 9.17) is 0 Å².